The minimum absolute atomic E-state index is 0.0307. The molecule has 4 rings (SSSR count). The van der Waals surface area contributed by atoms with Crippen LogP contribution < -0.4 is 10.2 Å². The fraction of sp³-hybridized carbons (Fsp3) is 0.318. The Morgan fingerprint density at radius 3 is 2.76 bits per heavy atom. The standard InChI is InChI=1S/C22H27N3O3S/c1-15-7-8-19-18(11-15)20(23-16(2)14-26)12-22(24-19)25-9-10-29(27,28)21-6-4-3-5-17(21)13-25/h3-8,11-12,16,26-28H,9-10,13-14H2,1-2H3,(H,23,24)/t16-/m0/s1. The summed E-state index contributed by atoms with van der Waals surface area (Å²) >= 11 is 0. The van der Waals surface area contributed by atoms with E-state index >= 15 is 0 Å². The smallest absolute Gasteiger partial charge is 0.131 e. The molecule has 1 aliphatic rings. The summed E-state index contributed by atoms with van der Waals surface area (Å²) in [5.41, 5.74) is 3.84. The summed E-state index contributed by atoms with van der Waals surface area (Å²) in [6.07, 6.45) is 0. The number of aliphatic hydroxyl groups is 1. The molecule has 4 N–H and O–H groups in total. The third-order valence-electron chi connectivity index (χ3n) is 5.28. The molecule has 0 saturated carbocycles. The Kier molecular flexibility index (Phi) is 5.40. The first-order valence-corrected chi connectivity index (χ1v) is 11.5. The molecule has 29 heavy (non-hydrogen) atoms. The van der Waals surface area contributed by atoms with E-state index in [1.807, 2.05) is 50.2 Å². The van der Waals surface area contributed by atoms with Crippen molar-refractivity contribution in [2.75, 3.05) is 29.1 Å². The second kappa shape index (κ2) is 7.84. The van der Waals surface area contributed by atoms with Gasteiger partial charge in [0, 0.05) is 36.3 Å². The lowest BCUT2D eigenvalue weighted by atomic mass is 10.1. The van der Waals surface area contributed by atoms with Gasteiger partial charge in [0.05, 0.1) is 22.8 Å². The quantitative estimate of drug-likeness (QED) is 0.505. The molecule has 0 fully saturated rings. The molecule has 1 aromatic heterocycles. The van der Waals surface area contributed by atoms with Gasteiger partial charge in [-0.15, -0.1) is 0 Å². The van der Waals surface area contributed by atoms with Crippen LogP contribution in [-0.4, -0.2) is 44.1 Å². The molecule has 154 valence electrons. The lowest BCUT2D eigenvalue weighted by molar-refractivity contribution is 0.281. The maximum absolute atomic E-state index is 10.6. The SMILES string of the molecule is Cc1ccc2nc(N3CCS(O)(O)c4ccccc4C3)cc(N[C@@H](C)CO)c2c1. The predicted octanol–water partition coefficient (Wildman–Crippen LogP) is 4.47. The van der Waals surface area contributed by atoms with E-state index < -0.39 is 10.6 Å². The Bertz CT molecular complexity index is 1040. The molecule has 1 atom stereocenters. The molecule has 1 aliphatic heterocycles. The molecule has 0 bridgehead atoms. The van der Waals surface area contributed by atoms with E-state index in [1.165, 1.54) is 0 Å². The number of hydrogen-bond acceptors (Lipinski definition) is 6. The Morgan fingerprint density at radius 2 is 1.97 bits per heavy atom. The molecule has 0 saturated heterocycles. The van der Waals surface area contributed by atoms with Crippen molar-refractivity contribution < 1.29 is 14.2 Å². The molecule has 2 heterocycles. The zero-order chi connectivity index (χ0) is 20.6. The number of fused-ring (bicyclic) bond motifs is 2. The van der Waals surface area contributed by atoms with Gasteiger partial charge < -0.3 is 15.3 Å². The van der Waals surface area contributed by atoms with Gasteiger partial charge >= 0.3 is 0 Å². The van der Waals surface area contributed by atoms with E-state index in [4.69, 9.17) is 4.98 Å². The first-order valence-electron chi connectivity index (χ1n) is 9.75. The molecule has 0 unspecified atom stereocenters. The van der Waals surface area contributed by atoms with Crippen LogP contribution in [0.15, 0.2) is 53.4 Å². The van der Waals surface area contributed by atoms with E-state index in [1.54, 1.807) is 6.07 Å². The molecular formula is C22H27N3O3S. The van der Waals surface area contributed by atoms with Gasteiger partial charge in [0.25, 0.3) is 0 Å². The summed E-state index contributed by atoms with van der Waals surface area (Å²) in [5, 5.41) is 13.9. The van der Waals surface area contributed by atoms with E-state index in [2.05, 4.69) is 16.3 Å². The van der Waals surface area contributed by atoms with Gasteiger partial charge in [-0.25, -0.2) is 4.98 Å². The maximum atomic E-state index is 10.6. The van der Waals surface area contributed by atoms with Crippen molar-refractivity contribution in [2.45, 2.75) is 31.3 Å². The second-order valence-corrected chi connectivity index (χ2v) is 9.86. The monoisotopic (exact) mass is 413 g/mol. The molecule has 6 nitrogen and oxygen atoms in total. The topological polar surface area (TPSA) is 88.9 Å². The van der Waals surface area contributed by atoms with Crippen LogP contribution in [0.2, 0.25) is 0 Å². The highest BCUT2D eigenvalue weighted by atomic mass is 32.3. The van der Waals surface area contributed by atoms with Crippen molar-refractivity contribution in [1.29, 1.82) is 0 Å². The Labute approximate surface area is 172 Å². The van der Waals surface area contributed by atoms with Crippen molar-refractivity contribution >= 4 is 33.0 Å². The van der Waals surface area contributed by atoms with Crippen LogP contribution in [0.5, 0.6) is 0 Å². The van der Waals surface area contributed by atoms with E-state index in [-0.39, 0.29) is 18.4 Å². The van der Waals surface area contributed by atoms with Crippen LogP contribution in [0.1, 0.15) is 18.1 Å². The molecule has 0 radical (unpaired) electrons. The number of aromatic nitrogens is 1. The van der Waals surface area contributed by atoms with Crippen LogP contribution in [-0.2, 0) is 6.54 Å². The lowest BCUT2D eigenvalue weighted by Crippen LogP contribution is -2.26. The second-order valence-electron chi connectivity index (χ2n) is 7.68. The maximum Gasteiger partial charge on any atom is 0.131 e. The average molecular weight is 414 g/mol. The summed E-state index contributed by atoms with van der Waals surface area (Å²) in [7, 11) is -2.82. The number of rotatable bonds is 4. The van der Waals surface area contributed by atoms with E-state index in [0.29, 0.717) is 18.0 Å². The molecule has 0 amide bonds. The number of aliphatic hydroxyl groups excluding tert-OH is 1. The average Bonchev–Trinajstić information content (AvgIpc) is 2.84. The lowest BCUT2D eigenvalue weighted by Gasteiger charge is -2.32. The Morgan fingerprint density at radius 1 is 1.17 bits per heavy atom. The molecular weight excluding hydrogens is 386 g/mol. The zero-order valence-electron chi connectivity index (χ0n) is 16.7. The molecule has 3 aromatic rings. The third kappa shape index (κ3) is 4.04. The van der Waals surface area contributed by atoms with Gasteiger partial charge in [-0.2, -0.15) is 10.6 Å². The van der Waals surface area contributed by atoms with Crippen molar-refractivity contribution in [3.8, 4) is 0 Å². The van der Waals surface area contributed by atoms with E-state index in [9.17, 15) is 14.2 Å². The fourth-order valence-electron chi connectivity index (χ4n) is 3.70. The number of benzene rings is 2. The van der Waals surface area contributed by atoms with Crippen LogP contribution >= 0.6 is 10.6 Å². The molecule has 2 aromatic carbocycles. The number of hydrogen-bond donors (Lipinski definition) is 4. The minimum Gasteiger partial charge on any atom is -0.394 e. The highest BCUT2D eigenvalue weighted by Gasteiger charge is 2.26. The molecule has 7 heteroatoms. The summed E-state index contributed by atoms with van der Waals surface area (Å²) in [4.78, 5) is 7.59. The first kappa shape index (κ1) is 20.0. The summed E-state index contributed by atoms with van der Waals surface area (Å²) in [5.74, 6) is 1.05. The Balaban J connectivity index is 1.79. The normalized spacial score (nSPS) is 18.0. The molecule has 0 aliphatic carbocycles. The van der Waals surface area contributed by atoms with Gasteiger partial charge in [0.1, 0.15) is 5.82 Å². The first-order chi connectivity index (χ1) is 13.9. The van der Waals surface area contributed by atoms with Crippen LogP contribution in [0, 0.1) is 6.92 Å². The van der Waals surface area contributed by atoms with E-state index in [0.717, 1.165) is 33.5 Å². The van der Waals surface area contributed by atoms with Gasteiger partial charge in [0.15, 0.2) is 0 Å². The largest absolute Gasteiger partial charge is 0.394 e. The van der Waals surface area contributed by atoms with Gasteiger partial charge in [-0.05, 0) is 37.6 Å². The van der Waals surface area contributed by atoms with Crippen molar-refractivity contribution in [2.24, 2.45) is 0 Å². The fourth-order valence-corrected chi connectivity index (χ4v) is 5.24. The Hall–Kier alpha value is -2.32. The predicted molar refractivity (Wildman–Crippen MR) is 120 cm³/mol. The minimum atomic E-state index is -2.82. The van der Waals surface area contributed by atoms with Crippen LogP contribution in [0.25, 0.3) is 10.9 Å². The highest BCUT2D eigenvalue weighted by Crippen LogP contribution is 2.51. The zero-order valence-corrected chi connectivity index (χ0v) is 17.5. The van der Waals surface area contributed by atoms with Crippen LogP contribution in [0.4, 0.5) is 11.5 Å². The number of pyridine rings is 1. The number of nitrogens with zero attached hydrogens (tertiary/aromatic N) is 2. The van der Waals surface area contributed by atoms with Gasteiger partial charge in [-0.3, -0.25) is 9.11 Å². The van der Waals surface area contributed by atoms with Crippen molar-refractivity contribution in [1.82, 2.24) is 4.98 Å². The van der Waals surface area contributed by atoms with Gasteiger partial charge in [-0.1, -0.05) is 29.8 Å². The molecule has 0 spiro atoms. The van der Waals surface area contributed by atoms with Crippen LogP contribution in [0.3, 0.4) is 0 Å². The summed E-state index contributed by atoms with van der Waals surface area (Å²) < 4.78 is 21.3. The summed E-state index contributed by atoms with van der Waals surface area (Å²) in [6, 6.07) is 15.5. The van der Waals surface area contributed by atoms with Crippen molar-refractivity contribution in [3.05, 3.63) is 59.7 Å². The summed E-state index contributed by atoms with van der Waals surface area (Å²) in [6.45, 7) is 5.06. The number of anilines is 2. The number of aryl methyl sites for hydroxylation is 1. The highest BCUT2D eigenvalue weighted by molar-refractivity contribution is 8.24. The van der Waals surface area contributed by atoms with Gasteiger partial charge in [0.2, 0.25) is 0 Å². The van der Waals surface area contributed by atoms with Crippen molar-refractivity contribution in [3.63, 3.8) is 0 Å². The number of nitrogens with one attached hydrogen (secondary N) is 1. The third-order valence-corrected chi connectivity index (χ3v) is 7.14.